The minimum absolute atomic E-state index is 0.0712. The highest BCUT2D eigenvalue weighted by atomic mass is 19.4. The van der Waals surface area contributed by atoms with E-state index in [1.807, 2.05) is 13.1 Å². The number of aliphatic carboxylic acids is 1. The molecule has 3 rings (SSSR count). The van der Waals surface area contributed by atoms with Gasteiger partial charge in [0.25, 0.3) is 0 Å². The number of nitrogens with one attached hydrogen (secondary N) is 2. The van der Waals surface area contributed by atoms with Gasteiger partial charge in [-0.2, -0.15) is 18.4 Å². The molecule has 1 aromatic carbocycles. The second kappa shape index (κ2) is 13.6. The third-order valence-electron chi connectivity index (χ3n) is 6.22. The fraction of sp³-hybridized carbons (Fsp3) is 0.462. The average Bonchev–Trinajstić information content (AvgIpc) is 2.88. The van der Waals surface area contributed by atoms with Crippen molar-refractivity contribution in [2.24, 2.45) is 11.8 Å². The van der Waals surface area contributed by atoms with Crippen molar-refractivity contribution in [1.82, 2.24) is 10.3 Å². The lowest BCUT2D eigenvalue weighted by Crippen LogP contribution is -2.26. The predicted molar refractivity (Wildman–Crippen MR) is 131 cm³/mol. The van der Waals surface area contributed by atoms with Gasteiger partial charge in [0.05, 0.1) is 36.3 Å². The van der Waals surface area contributed by atoms with Gasteiger partial charge in [0.15, 0.2) is 6.29 Å². The highest BCUT2D eigenvalue weighted by molar-refractivity contribution is 5.75. The number of carbonyl (C=O) groups excluding carboxylic acids is 1. The number of benzene rings is 1. The molecule has 0 unspecified atom stereocenters. The molecule has 0 spiro atoms. The van der Waals surface area contributed by atoms with Crippen LogP contribution in [0.15, 0.2) is 30.5 Å². The number of hydrogen-bond donors (Lipinski definition) is 3. The quantitative estimate of drug-likeness (QED) is 0.413. The summed E-state index contributed by atoms with van der Waals surface area (Å²) in [5.41, 5.74) is -0.352. The number of pyridine rings is 1. The third kappa shape index (κ3) is 8.46. The number of rotatable bonds is 8. The number of ether oxygens (including phenoxy) is 1. The summed E-state index contributed by atoms with van der Waals surface area (Å²) < 4.78 is 44.9. The van der Waals surface area contributed by atoms with Gasteiger partial charge in [-0.05, 0) is 76.4 Å². The Hall–Kier alpha value is -3.65. The molecule has 1 saturated carbocycles. The summed E-state index contributed by atoms with van der Waals surface area (Å²) in [7, 11) is 3.37. The molecule has 37 heavy (non-hydrogen) atoms. The lowest BCUT2D eigenvalue weighted by molar-refractivity contribution is -0.143. The number of nitrogens with zero attached hydrogens (tertiary/aromatic N) is 2. The Labute approximate surface area is 213 Å². The number of aldehydes is 1. The smallest absolute Gasteiger partial charge is 0.419 e. The number of hydrogen-bond acceptors (Lipinski definition) is 7. The fourth-order valence-electron chi connectivity index (χ4n) is 4.20. The van der Waals surface area contributed by atoms with Crippen molar-refractivity contribution in [3.05, 3.63) is 52.7 Å². The van der Waals surface area contributed by atoms with Crippen LogP contribution in [0.2, 0.25) is 0 Å². The first-order valence-corrected chi connectivity index (χ1v) is 11.8. The molecule has 1 fully saturated rings. The van der Waals surface area contributed by atoms with E-state index < -0.39 is 29.6 Å². The van der Waals surface area contributed by atoms with E-state index in [0.29, 0.717) is 29.1 Å². The van der Waals surface area contributed by atoms with Crippen molar-refractivity contribution < 1.29 is 32.6 Å². The van der Waals surface area contributed by atoms with Crippen LogP contribution in [-0.2, 0) is 11.0 Å². The number of alkyl halides is 3. The first kappa shape index (κ1) is 29.6. The number of aromatic nitrogens is 1. The fourth-order valence-corrected chi connectivity index (χ4v) is 4.20. The molecule has 0 radical (unpaired) electrons. The summed E-state index contributed by atoms with van der Waals surface area (Å²) in [4.78, 5) is 25.0. The molecule has 1 atom stereocenters. The van der Waals surface area contributed by atoms with Crippen LogP contribution in [0.5, 0.6) is 5.75 Å². The molecule has 0 aliphatic heterocycles. The molecule has 1 aromatic heterocycles. The van der Waals surface area contributed by atoms with Gasteiger partial charge in [0.1, 0.15) is 11.6 Å². The number of carboxylic acid groups (broad SMARTS) is 1. The van der Waals surface area contributed by atoms with Crippen LogP contribution in [-0.4, -0.2) is 43.0 Å². The van der Waals surface area contributed by atoms with E-state index >= 15 is 0 Å². The molecule has 0 saturated heterocycles. The van der Waals surface area contributed by atoms with Gasteiger partial charge in [0, 0.05) is 17.3 Å². The summed E-state index contributed by atoms with van der Waals surface area (Å²) in [6.07, 6.45) is 0.542. The molecule has 0 bridgehead atoms. The van der Waals surface area contributed by atoms with Gasteiger partial charge in [-0.25, -0.2) is 4.98 Å². The SMILES string of the molecule is CNCC1CCC(C(=O)O)CC1.COc1ccc(C#N)cc1[C@H](C)Nc1ncc(C=O)cc1C(F)(F)F. The zero-order chi connectivity index (χ0) is 27.6. The minimum Gasteiger partial charge on any atom is -0.496 e. The standard InChI is InChI=1S/C17H14F3N3O2.C9H17NO2/c1-10(13-5-11(7-21)3-4-15(13)25-2)23-16-14(17(18,19)20)6-12(9-24)8-22-16;1-10-6-7-2-4-8(5-3-7)9(11)12/h3-6,8-10H,1-2H3,(H,22,23);7-8,10H,2-6H2,1H3,(H,11,12)/t10-;/m0./s1. The van der Waals surface area contributed by atoms with Crippen LogP contribution >= 0.6 is 0 Å². The Morgan fingerprint density at radius 2 is 1.97 bits per heavy atom. The van der Waals surface area contributed by atoms with Crippen molar-refractivity contribution >= 4 is 18.1 Å². The van der Waals surface area contributed by atoms with E-state index in [2.05, 4.69) is 15.6 Å². The van der Waals surface area contributed by atoms with E-state index in [1.165, 1.54) is 13.2 Å². The summed E-state index contributed by atoms with van der Waals surface area (Å²) >= 11 is 0. The van der Waals surface area contributed by atoms with Crippen LogP contribution in [0.4, 0.5) is 19.0 Å². The summed E-state index contributed by atoms with van der Waals surface area (Å²) in [5, 5.41) is 23.5. The number of carbonyl (C=O) groups is 2. The van der Waals surface area contributed by atoms with Gasteiger partial charge in [0.2, 0.25) is 0 Å². The maximum atomic E-state index is 13.2. The number of anilines is 1. The van der Waals surface area contributed by atoms with Crippen LogP contribution in [0, 0.1) is 23.2 Å². The van der Waals surface area contributed by atoms with Crippen molar-refractivity contribution in [2.45, 2.75) is 44.8 Å². The van der Waals surface area contributed by atoms with Crippen LogP contribution in [0.1, 0.15) is 65.7 Å². The van der Waals surface area contributed by atoms with E-state index in [-0.39, 0.29) is 11.5 Å². The average molecular weight is 521 g/mol. The van der Waals surface area contributed by atoms with Gasteiger partial charge >= 0.3 is 12.1 Å². The second-order valence-electron chi connectivity index (χ2n) is 8.83. The van der Waals surface area contributed by atoms with Gasteiger partial charge in [-0.3, -0.25) is 9.59 Å². The number of methoxy groups -OCH3 is 1. The van der Waals surface area contributed by atoms with Crippen molar-refractivity contribution in [3.63, 3.8) is 0 Å². The minimum atomic E-state index is -4.67. The van der Waals surface area contributed by atoms with Gasteiger partial charge < -0.3 is 20.5 Å². The number of carboxylic acids is 1. The zero-order valence-corrected chi connectivity index (χ0v) is 20.9. The van der Waals surface area contributed by atoms with E-state index in [4.69, 9.17) is 15.1 Å². The maximum Gasteiger partial charge on any atom is 0.419 e. The topological polar surface area (TPSA) is 124 Å². The predicted octanol–water partition coefficient (Wildman–Crippen LogP) is 5.06. The third-order valence-corrected chi connectivity index (χ3v) is 6.22. The number of nitriles is 1. The highest BCUT2D eigenvalue weighted by Crippen LogP contribution is 2.36. The summed E-state index contributed by atoms with van der Waals surface area (Å²) in [6, 6.07) is 6.73. The molecule has 8 nitrogen and oxygen atoms in total. The Morgan fingerprint density at radius 1 is 1.30 bits per heavy atom. The van der Waals surface area contributed by atoms with E-state index in [0.717, 1.165) is 44.5 Å². The molecule has 11 heteroatoms. The Balaban J connectivity index is 0.000000335. The monoisotopic (exact) mass is 520 g/mol. The second-order valence-corrected chi connectivity index (χ2v) is 8.83. The summed E-state index contributed by atoms with van der Waals surface area (Å²) in [6.45, 7) is 2.65. The summed E-state index contributed by atoms with van der Waals surface area (Å²) in [5.74, 6) is 0.0358. The zero-order valence-electron chi connectivity index (χ0n) is 20.9. The van der Waals surface area contributed by atoms with Crippen LogP contribution < -0.4 is 15.4 Å². The molecule has 2 aromatic rings. The lowest BCUT2D eigenvalue weighted by atomic mass is 9.82. The van der Waals surface area contributed by atoms with Crippen molar-refractivity contribution in [3.8, 4) is 11.8 Å². The molecule has 1 aliphatic rings. The van der Waals surface area contributed by atoms with Crippen molar-refractivity contribution in [2.75, 3.05) is 26.0 Å². The molecule has 1 aliphatic carbocycles. The highest BCUT2D eigenvalue weighted by Gasteiger charge is 2.35. The molecule has 0 amide bonds. The van der Waals surface area contributed by atoms with E-state index in [1.54, 1.807) is 19.1 Å². The van der Waals surface area contributed by atoms with Gasteiger partial charge in [-0.15, -0.1) is 0 Å². The molecule has 200 valence electrons. The first-order valence-electron chi connectivity index (χ1n) is 11.8. The molecule has 3 N–H and O–H groups in total. The van der Waals surface area contributed by atoms with Gasteiger partial charge in [-0.1, -0.05) is 0 Å². The first-order chi connectivity index (χ1) is 17.5. The Morgan fingerprint density at radius 3 is 2.49 bits per heavy atom. The molecular weight excluding hydrogens is 489 g/mol. The normalized spacial score (nSPS) is 18.0. The Bertz CT molecular complexity index is 1110. The van der Waals surface area contributed by atoms with E-state index in [9.17, 15) is 22.8 Å². The molecule has 1 heterocycles. The van der Waals surface area contributed by atoms with Crippen LogP contribution in [0.3, 0.4) is 0 Å². The molecular formula is C26H31F3N4O4. The van der Waals surface area contributed by atoms with Crippen LogP contribution in [0.25, 0.3) is 0 Å². The Kier molecular flexibility index (Phi) is 10.9. The maximum absolute atomic E-state index is 13.2. The largest absolute Gasteiger partial charge is 0.496 e. The number of halogens is 3. The van der Waals surface area contributed by atoms with Crippen molar-refractivity contribution in [1.29, 1.82) is 5.26 Å². The lowest BCUT2D eigenvalue weighted by Gasteiger charge is -2.25.